The van der Waals surface area contributed by atoms with Gasteiger partial charge in [0.05, 0.1) is 18.5 Å². The molecule has 0 unspecified atom stereocenters. The van der Waals surface area contributed by atoms with Crippen molar-refractivity contribution in [3.05, 3.63) is 77.1 Å². The Kier molecular flexibility index (Phi) is 4.53. The minimum Gasteiger partial charge on any atom is -0.392 e. The number of aliphatic hydroxyl groups excluding tert-OH is 1. The van der Waals surface area contributed by atoms with Crippen molar-refractivity contribution in [3.63, 3.8) is 0 Å². The summed E-state index contributed by atoms with van der Waals surface area (Å²) in [6.45, 7) is 4.24. The summed E-state index contributed by atoms with van der Waals surface area (Å²) in [7, 11) is 0. The van der Waals surface area contributed by atoms with Crippen LogP contribution in [0.5, 0.6) is 0 Å². The Morgan fingerprint density at radius 1 is 1.08 bits per heavy atom. The molecule has 0 radical (unpaired) electrons. The van der Waals surface area contributed by atoms with Crippen molar-refractivity contribution in [1.29, 1.82) is 0 Å². The molecule has 0 aliphatic rings. The molecular weight excluding hydrogens is 302 g/mol. The number of benzene rings is 2. The van der Waals surface area contributed by atoms with Gasteiger partial charge in [0, 0.05) is 5.56 Å². The number of aromatic nitrogens is 3. The third kappa shape index (κ3) is 3.26. The summed E-state index contributed by atoms with van der Waals surface area (Å²) in [5.41, 5.74) is 3.69. The number of rotatable bonds is 5. The van der Waals surface area contributed by atoms with E-state index in [1.807, 2.05) is 12.1 Å². The topological polar surface area (TPSA) is 68.0 Å². The Labute approximate surface area is 140 Å². The predicted octanol–water partition coefficient (Wildman–Crippen LogP) is 3.11. The first-order valence-electron chi connectivity index (χ1n) is 7.85. The second-order valence-corrected chi connectivity index (χ2v) is 5.98. The van der Waals surface area contributed by atoms with Gasteiger partial charge in [-0.05, 0) is 29.2 Å². The fourth-order valence-electron chi connectivity index (χ4n) is 2.42. The van der Waals surface area contributed by atoms with Gasteiger partial charge >= 0.3 is 0 Å². The molecule has 24 heavy (non-hydrogen) atoms. The molecule has 0 aliphatic heterocycles. The molecule has 0 bridgehead atoms. The van der Waals surface area contributed by atoms with Gasteiger partial charge in [0.15, 0.2) is 5.69 Å². The van der Waals surface area contributed by atoms with E-state index in [2.05, 4.69) is 36.3 Å². The molecule has 0 saturated carbocycles. The number of aliphatic hydroxyl groups is 1. The molecule has 1 aromatic heterocycles. The maximum Gasteiger partial charge on any atom is 0.214 e. The molecule has 3 rings (SSSR count). The van der Waals surface area contributed by atoms with E-state index in [1.165, 1.54) is 5.56 Å². The fraction of sp³-hybridized carbons (Fsp3) is 0.211. The van der Waals surface area contributed by atoms with Gasteiger partial charge in [0.2, 0.25) is 5.78 Å². The second-order valence-electron chi connectivity index (χ2n) is 5.98. The van der Waals surface area contributed by atoms with Gasteiger partial charge in [-0.15, -0.1) is 5.10 Å². The number of hydrogen-bond donors (Lipinski definition) is 1. The molecule has 0 amide bonds. The van der Waals surface area contributed by atoms with Crippen LogP contribution in [0.4, 0.5) is 0 Å². The summed E-state index contributed by atoms with van der Waals surface area (Å²) in [5, 5.41) is 17.1. The van der Waals surface area contributed by atoms with E-state index in [9.17, 15) is 4.79 Å². The van der Waals surface area contributed by atoms with Crippen molar-refractivity contribution >= 4 is 5.78 Å². The first-order valence-corrected chi connectivity index (χ1v) is 7.85. The lowest BCUT2D eigenvalue weighted by Crippen LogP contribution is -2.02. The number of carbonyl (C=O) groups excluding carboxylic acids is 1. The van der Waals surface area contributed by atoms with E-state index in [4.69, 9.17) is 5.11 Å². The minimum atomic E-state index is -0.190. The van der Waals surface area contributed by atoms with Crippen LogP contribution in [0.15, 0.2) is 54.7 Å². The molecule has 1 N–H and O–H groups in total. The highest BCUT2D eigenvalue weighted by molar-refractivity contribution is 6.07. The van der Waals surface area contributed by atoms with Gasteiger partial charge < -0.3 is 5.11 Å². The zero-order chi connectivity index (χ0) is 17.1. The molecule has 0 spiro atoms. The lowest BCUT2D eigenvalue weighted by molar-refractivity contribution is 0.103. The molecule has 3 aromatic rings. The zero-order valence-corrected chi connectivity index (χ0v) is 13.7. The number of carbonyl (C=O) groups is 1. The zero-order valence-electron chi connectivity index (χ0n) is 13.7. The third-order valence-electron chi connectivity index (χ3n) is 3.95. The Balaban J connectivity index is 1.82. The Morgan fingerprint density at radius 3 is 2.33 bits per heavy atom. The summed E-state index contributed by atoms with van der Waals surface area (Å²) in [6.07, 6.45) is 1.63. The van der Waals surface area contributed by atoms with Gasteiger partial charge in [0.25, 0.3) is 0 Å². The van der Waals surface area contributed by atoms with E-state index in [-0.39, 0.29) is 12.4 Å². The number of hydrogen-bond acceptors (Lipinski definition) is 4. The molecule has 0 atom stereocenters. The Hall–Kier alpha value is -2.79. The van der Waals surface area contributed by atoms with Crippen LogP contribution < -0.4 is 0 Å². The quantitative estimate of drug-likeness (QED) is 0.733. The summed E-state index contributed by atoms with van der Waals surface area (Å²) >= 11 is 0. The first kappa shape index (κ1) is 16.1. The normalized spacial score (nSPS) is 11.0. The largest absolute Gasteiger partial charge is 0.392 e. The summed E-state index contributed by atoms with van der Waals surface area (Å²) in [5.74, 6) is 0.276. The van der Waals surface area contributed by atoms with Crippen LogP contribution in [-0.2, 0) is 6.61 Å². The molecule has 5 heteroatoms. The van der Waals surface area contributed by atoms with Crippen molar-refractivity contribution in [2.24, 2.45) is 0 Å². The fourth-order valence-corrected chi connectivity index (χ4v) is 2.42. The predicted molar refractivity (Wildman–Crippen MR) is 91.2 cm³/mol. The van der Waals surface area contributed by atoms with E-state index in [0.717, 1.165) is 11.3 Å². The summed E-state index contributed by atoms with van der Waals surface area (Å²) in [4.78, 5) is 12.5. The smallest absolute Gasteiger partial charge is 0.214 e. The van der Waals surface area contributed by atoms with Crippen LogP contribution in [-0.4, -0.2) is 25.9 Å². The average Bonchev–Trinajstić information content (AvgIpc) is 3.11. The van der Waals surface area contributed by atoms with Crippen molar-refractivity contribution < 1.29 is 9.90 Å². The monoisotopic (exact) mass is 321 g/mol. The molecule has 0 fully saturated rings. The summed E-state index contributed by atoms with van der Waals surface area (Å²) in [6, 6.07) is 14.9. The molecular formula is C19H19N3O2. The lowest BCUT2D eigenvalue weighted by Gasteiger charge is -2.06. The van der Waals surface area contributed by atoms with E-state index in [0.29, 0.717) is 17.2 Å². The number of nitrogens with zero attached hydrogens (tertiary/aromatic N) is 3. The average molecular weight is 321 g/mol. The SMILES string of the molecule is CC(C)c1ccc(-n2cc(C(=O)c3ccc(CO)cc3)nn2)cc1. The standard InChI is InChI=1S/C19H19N3O2/c1-13(2)15-7-9-17(10-8-15)22-11-18(20-21-22)19(24)16-5-3-14(12-23)4-6-16/h3-11,13,23H,12H2,1-2H3. The highest BCUT2D eigenvalue weighted by Crippen LogP contribution is 2.17. The molecule has 0 aliphatic carbocycles. The van der Waals surface area contributed by atoms with Crippen molar-refractivity contribution in [1.82, 2.24) is 15.0 Å². The van der Waals surface area contributed by atoms with E-state index in [1.54, 1.807) is 35.1 Å². The van der Waals surface area contributed by atoms with Crippen molar-refractivity contribution in [3.8, 4) is 5.69 Å². The van der Waals surface area contributed by atoms with E-state index < -0.39 is 0 Å². The van der Waals surface area contributed by atoms with Gasteiger partial charge in [-0.2, -0.15) is 0 Å². The minimum absolute atomic E-state index is 0.0446. The van der Waals surface area contributed by atoms with E-state index >= 15 is 0 Å². The van der Waals surface area contributed by atoms with Crippen molar-refractivity contribution in [2.45, 2.75) is 26.4 Å². The maximum absolute atomic E-state index is 12.5. The van der Waals surface area contributed by atoms with Crippen LogP contribution in [0.1, 0.15) is 46.9 Å². The molecule has 2 aromatic carbocycles. The molecule has 1 heterocycles. The van der Waals surface area contributed by atoms with Gasteiger partial charge in [-0.1, -0.05) is 55.5 Å². The van der Waals surface area contributed by atoms with Crippen LogP contribution in [0.2, 0.25) is 0 Å². The Morgan fingerprint density at radius 2 is 1.75 bits per heavy atom. The third-order valence-corrected chi connectivity index (χ3v) is 3.95. The van der Waals surface area contributed by atoms with Gasteiger partial charge in [-0.3, -0.25) is 4.79 Å². The molecule has 122 valence electrons. The molecule has 5 nitrogen and oxygen atoms in total. The molecule has 0 saturated heterocycles. The first-order chi connectivity index (χ1) is 11.6. The van der Waals surface area contributed by atoms with Crippen LogP contribution in [0, 0.1) is 0 Å². The van der Waals surface area contributed by atoms with Crippen LogP contribution >= 0.6 is 0 Å². The lowest BCUT2D eigenvalue weighted by atomic mass is 10.0. The highest BCUT2D eigenvalue weighted by atomic mass is 16.3. The van der Waals surface area contributed by atoms with Crippen molar-refractivity contribution in [2.75, 3.05) is 0 Å². The van der Waals surface area contributed by atoms with Gasteiger partial charge in [0.1, 0.15) is 0 Å². The highest BCUT2D eigenvalue weighted by Gasteiger charge is 2.14. The Bertz CT molecular complexity index is 834. The second kappa shape index (κ2) is 6.76. The summed E-state index contributed by atoms with van der Waals surface area (Å²) < 4.78 is 1.60. The maximum atomic E-state index is 12.5. The van der Waals surface area contributed by atoms with Crippen LogP contribution in [0.25, 0.3) is 5.69 Å². The number of ketones is 1. The van der Waals surface area contributed by atoms with Gasteiger partial charge in [-0.25, -0.2) is 4.68 Å². The van der Waals surface area contributed by atoms with Crippen LogP contribution in [0.3, 0.4) is 0 Å².